The summed E-state index contributed by atoms with van der Waals surface area (Å²) in [4.78, 5) is 12.4. The summed E-state index contributed by atoms with van der Waals surface area (Å²) in [6.07, 6.45) is 1.86. The van der Waals surface area contributed by atoms with Crippen LogP contribution < -0.4 is 5.73 Å². The van der Waals surface area contributed by atoms with Crippen molar-refractivity contribution in [2.45, 2.75) is 65.4 Å². The number of nitrogens with two attached hydrogens (primary N) is 1. The van der Waals surface area contributed by atoms with Gasteiger partial charge in [-0.05, 0) is 40.0 Å². The molecule has 0 saturated heterocycles. The molecule has 2 atom stereocenters. The predicted octanol–water partition coefficient (Wildman–Crippen LogP) is 3.86. The molecule has 0 aliphatic heterocycles. The Labute approximate surface area is 169 Å². The lowest BCUT2D eigenvalue weighted by Gasteiger charge is -2.26. The van der Waals surface area contributed by atoms with Gasteiger partial charge in [0.05, 0.1) is 30.7 Å². The van der Waals surface area contributed by atoms with E-state index in [0.717, 1.165) is 6.42 Å². The predicted molar refractivity (Wildman–Crippen MR) is 107 cm³/mol. The van der Waals surface area contributed by atoms with Gasteiger partial charge in [0.2, 0.25) is 5.95 Å². The van der Waals surface area contributed by atoms with Gasteiger partial charge >= 0.3 is 7.60 Å². The van der Waals surface area contributed by atoms with Crippen LogP contribution in [0.4, 0.5) is 5.95 Å². The van der Waals surface area contributed by atoms with Crippen LogP contribution in [-0.4, -0.2) is 43.7 Å². The smallest absolute Gasteiger partial charge is 0.356 e. The Morgan fingerprint density at radius 3 is 2.46 bits per heavy atom. The number of hydrogen-bond donors (Lipinski definition) is 1. The zero-order valence-electron chi connectivity index (χ0n) is 16.8. The molecule has 0 spiro atoms. The second-order valence-corrected chi connectivity index (χ2v) is 10.0. The van der Waals surface area contributed by atoms with Crippen molar-refractivity contribution in [1.29, 1.82) is 0 Å². The highest BCUT2D eigenvalue weighted by molar-refractivity contribution is 7.53. The Bertz CT molecular complexity index is 891. The third-order valence-corrected chi connectivity index (χ3v) is 6.71. The molecule has 1 aliphatic rings. The minimum atomic E-state index is -3.38. The number of ether oxygens (including phenoxy) is 1. The van der Waals surface area contributed by atoms with Crippen LogP contribution in [-0.2, 0) is 24.9 Å². The molecule has 2 heterocycles. The van der Waals surface area contributed by atoms with Crippen molar-refractivity contribution in [3.05, 3.63) is 11.5 Å². The van der Waals surface area contributed by atoms with Crippen molar-refractivity contribution in [2.75, 3.05) is 12.1 Å². The standard InChI is InChI=1S/C17H27ClN5O4P/c1-10(2)26-28(24,27-11(3)4)9-25-17(6-12(17)5)7-23-8-20-13-14(18)21-16(19)22-15(13)23/h8,10-12H,6-7,9H2,1-5H3,(H2,19,21,22). The molecule has 28 heavy (non-hydrogen) atoms. The summed E-state index contributed by atoms with van der Waals surface area (Å²) in [5.74, 6) is 0.351. The summed E-state index contributed by atoms with van der Waals surface area (Å²) in [6, 6.07) is 0. The average Bonchev–Trinajstić information content (AvgIpc) is 2.99. The van der Waals surface area contributed by atoms with Gasteiger partial charge in [-0.1, -0.05) is 18.5 Å². The van der Waals surface area contributed by atoms with Crippen molar-refractivity contribution in [2.24, 2.45) is 5.92 Å². The maximum Gasteiger partial charge on any atom is 0.356 e. The van der Waals surface area contributed by atoms with Crippen LogP contribution in [0.15, 0.2) is 6.33 Å². The Hall–Kier alpha value is -1.25. The molecule has 0 bridgehead atoms. The first-order valence-electron chi connectivity index (χ1n) is 9.27. The fraction of sp³-hybridized carbons (Fsp3) is 0.706. The molecular weight excluding hydrogens is 405 g/mol. The molecule has 1 saturated carbocycles. The number of rotatable bonds is 9. The van der Waals surface area contributed by atoms with Gasteiger partial charge in [-0.15, -0.1) is 0 Å². The van der Waals surface area contributed by atoms with Gasteiger partial charge in [0.15, 0.2) is 10.8 Å². The molecule has 2 unspecified atom stereocenters. The highest BCUT2D eigenvalue weighted by Gasteiger charge is 2.54. The van der Waals surface area contributed by atoms with E-state index in [2.05, 4.69) is 21.9 Å². The van der Waals surface area contributed by atoms with E-state index in [0.29, 0.717) is 17.7 Å². The number of fused-ring (bicyclic) bond motifs is 1. The van der Waals surface area contributed by atoms with Gasteiger partial charge in [-0.25, -0.2) is 4.98 Å². The molecular formula is C17H27ClN5O4P. The quantitative estimate of drug-likeness (QED) is 0.470. The Balaban J connectivity index is 1.78. The lowest BCUT2D eigenvalue weighted by atomic mass is 10.2. The van der Waals surface area contributed by atoms with E-state index in [1.165, 1.54) is 0 Å². The minimum Gasteiger partial charge on any atom is -0.368 e. The first kappa shape index (κ1) is 21.5. The fourth-order valence-corrected chi connectivity index (χ4v) is 5.28. The number of aromatic nitrogens is 4. The Kier molecular flexibility index (Phi) is 6.04. The second-order valence-electron chi connectivity index (χ2n) is 7.78. The SMILES string of the molecule is CC(C)OP(=O)(COC1(Cn2cnc3c(Cl)nc(N)nc32)CC1C)OC(C)C. The Morgan fingerprint density at radius 1 is 1.32 bits per heavy atom. The highest BCUT2D eigenvalue weighted by atomic mass is 35.5. The largest absolute Gasteiger partial charge is 0.368 e. The number of nitrogens with zero attached hydrogens (tertiary/aromatic N) is 4. The molecule has 2 aromatic heterocycles. The van der Waals surface area contributed by atoms with Crippen LogP contribution >= 0.6 is 19.2 Å². The van der Waals surface area contributed by atoms with Crippen molar-refractivity contribution in [3.8, 4) is 0 Å². The molecule has 0 amide bonds. The number of halogens is 1. The summed E-state index contributed by atoms with van der Waals surface area (Å²) in [5.41, 5.74) is 6.24. The van der Waals surface area contributed by atoms with Crippen molar-refractivity contribution in [3.63, 3.8) is 0 Å². The number of nitrogen functional groups attached to an aromatic ring is 1. The molecule has 0 aromatic carbocycles. The Morgan fingerprint density at radius 2 is 1.93 bits per heavy atom. The third kappa shape index (κ3) is 4.66. The third-order valence-electron chi connectivity index (χ3n) is 4.52. The lowest BCUT2D eigenvalue weighted by molar-refractivity contribution is 0.0185. The summed E-state index contributed by atoms with van der Waals surface area (Å²) in [7, 11) is -3.38. The zero-order chi connectivity index (χ0) is 20.7. The molecule has 2 N–H and O–H groups in total. The maximum atomic E-state index is 13.1. The van der Waals surface area contributed by atoms with E-state index in [1.54, 1.807) is 6.33 Å². The number of imidazole rings is 1. The number of anilines is 1. The van der Waals surface area contributed by atoms with Gasteiger partial charge in [0.25, 0.3) is 0 Å². The van der Waals surface area contributed by atoms with Crippen LogP contribution in [0.2, 0.25) is 5.15 Å². The summed E-state index contributed by atoms with van der Waals surface area (Å²) < 4.78 is 32.2. The molecule has 11 heteroatoms. The molecule has 3 rings (SSSR count). The van der Waals surface area contributed by atoms with Crippen molar-refractivity contribution < 1.29 is 18.3 Å². The lowest BCUT2D eigenvalue weighted by Crippen LogP contribution is -2.26. The zero-order valence-corrected chi connectivity index (χ0v) is 18.4. The van der Waals surface area contributed by atoms with E-state index in [9.17, 15) is 4.57 Å². The minimum absolute atomic E-state index is 0.0817. The topological polar surface area (TPSA) is 114 Å². The molecule has 9 nitrogen and oxygen atoms in total. The average molecular weight is 432 g/mol. The first-order valence-corrected chi connectivity index (χ1v) is 11.4. The second kappa shape index (κ2) is 7.88. The van der Waals surface area contributed by atoms with Crippen molar-refractivity contribution in [1.82, 2.24) is 19.5 Å². The maximum absolute atomic E-state index is 13.1. The van der Waals surface area contributed by atoms with Gasteiger partial charge in [0.1, 0.15) is 11.9 Å². The van der Waals surface area contributed by atoms with E-state index in [-0.39, 0.29) is 35.6 Å². The van der Waals surface area contributed by atoms with Crippen LogP contribution in [0.5, 0.6) is 0 Å². The van der Waals surface area contributed by atoms with Gasteiger partial charge in [-0.3, -0.25) is 4.57 Å². The molecule has 2 aromatic rings. The number of hydrogen-bond acceptors (Lipinski definition) is 8. The van der Waals surface area contributed by atoms with E-state index >= 15 is 0 Å². The van der Waals surface area contributed by atoms with Gasteiger partial charge in [-0.2, -0.15) is 9.97 Å². The fourth-order valence-electron chi connectivity index (χ4n) is 3.19. The normalized spacial score (nSPS) is 22.5. The summed E-state index contributed by atoms with van der Waals surface area (Å²) in [6.45, 7) is 9.82. The molecule has 156 valence electrons. The summed E-state index contributed by atoms with van der Waals surface area (Å²) in [5, 5.41) is 0.209. The van der Waals surface area contributed by atoms with Crippen LogP contribution in [0.1, 0.15) is 41.0 Å². The first-order chi connectivity index (χ1) is 13.0. The van der Waals surface area contributed by atoms with Gasteiger partial charge < -0.3 is 24.1 Å². The van der Waals surface area contributed by atoms with Crippen LogP contribution in [0, 0.1) is 5.92 Å². The highest BCUT2D eigenvalue weighted by Crippen LogP contribution is 2.55. The molecule has 1 fully saturated rings. The molecule has 1 aliphatic carbocycles. The van der Waals surface area contributed by atoms with Crippen molar-refractivity contribution >= 4 is 36.3 Å². The van der Waals surface area contributed by atoms with Crippen LogP contribution in [0.25, 0.3) is 11.2 Å². The van der Waals surface area contributed by atoms with E-state index in [1.807, 2.05) is 32.3 Å². The van der Waals surface area contributed by atoms with E-state index in [4.69, 9.17) is 31.1 Å². The van der Waals surface area contributed by atoms with Gasteiger partial charge in [0, 0.05) is 0 Å². The summed E-state index contributed by atoms with van der Waals surface area (Å²) >= 11 is 6.10. The van der Waals surface area contributed by atoms with Crippen LogP contribution in [0.3, 0.4) is 0 Å². The molecule has 0 radical (unpaired) electrons. The monoisotopic (exact) mass is 431 g/mol. The van der Waals surface area contributed by atoms with E-state index < -0.39 is 13.2 Å².